The number of imide groups is 1. The summed E-state index contributed by atoms with van der Waals surface area (Å²) in [6.45, 7) is 5.34. The largest absolute Gasteiger partial charge is 0.372 e. The van der Waals surface area contributed by atoms with E-state index in [0.29, 0.717) is 24.4 Å². The third kappa shape index (κ3) is 3.57. The fraction of sp³-hybridized carbons (Fsp3) is 0.619. The number of nitrogens with zero attached hydrogens (tertiary/aromatic N) is 2. The average molecular weight is 389 g/mol. The molecule has 2 aliphatic heterocycles. The molecule has 2 unspecified atom stereocenters. The lowest BCUT2D eigenvalue weighted by molar-refractivity contribution is -0.141. The van der Waals surface area contributed by atoms with Crippen molar-refractivity contribution in [1.29, 1.82) is 0 Å². The zero-order chi connectivity index (χ0) is 19.0. The third-order valence-electron chi connectivity index (χ3n) is 5.78. The normalized spacial score (nSPS) is 28.2. The van der Waals surface area contributed by atoms with Gasteiger partial charge in [-0.1, -0.05) is 31.7 Å². The summed E-state index contributed by atoms with van der Waals surface area (Å²) in [5.74, 6) is -0.201. The van der Waals surface area contributed by atoms with E-state index < -0.39 is 0 Å². The Kier molecular flexibility index (Phi) is 5.37. The second kappa shape index (κ2) is 7.76. The van der Waals surface area contributed by atoms with Gasteiger partial charge in [0, 0.05) is 24.0 Å². The van der Waals surface area contributed by atoms with Gasteiger partial charge >= 0.3 is 0 Å². The van der Waals surface area contributed by atoms with E-state index in [1.165, 1.54) is 24.2 Å². The molecule has 6 heteroatoms. The molecule has 2 amide bonds. The molecule has 3 heterocycles. The molecular weight excluding hydrogens is 360 g/mol. The highest BCUT2D eigenvalue weighted by molar-refractivity contribution is 7.11. The monoisotopic (exact) mass is 388 g/mol. The van der Waals surface area contributed by atoms with Crippen LogP contribution in [0.5, 0.6) is 0 Å². The van der Waals surface area contributed by atoms with Crippen LogP contribution >= 0.6 is 11.3 Å². The average Bonchev–Trinajstić information content (AvgIpc) is 3.12. The highest BCUT2D eigenvalue weighted by Crippen LogP contribution is 2.38. The molecule has 3 aliphatic rings. The first kappa shape index (κ1) is 18.7. The Balaban J connectivity index is 1.72. The number of thiophene rings is 1. The van der Waals surface area contributed by atoms with Gasteiger partial charge in [-0.05, 0) is 38.1 Å². The van der Waals surface area contributed by atoms with E-state index >= 15 is 0 Å². The molecule has 0 aromatic carbocycles. The third-order valence-corrected chi connectivity index (χ3v) is 6.67. The van der Waals surface area contributed by atoms with Gasteiger partial charge in [-0.2, -0.15) is 0 Å². The van der Waals surface area contributed by atoms with E-state index in [4.69, 9.17) is 4.74 Å². The van der Waals surface area contributed by atoms with Crippen molar-refractivity contribution in [2.45, 2.75) is 70.6 Å². The van der Waals surface area contributed by atoms with E-state index in [2.05, 4.69) is 4.90 Å². The second-order valence-electron chi connectivity index (χ2n) is 7.99. The van der Waals surface area contributed by atoms with Crippen LogP contribution in [0.2, 0.25) is 0 Å². The van der Waals surface area contributed by atoms with Crippen LogP contribution in [-0.4, -0.2) is 53.0 Å². The summed E-state index contributed by atoms with van der Waals surface area (Å²) < 4.78 is 5.85. The lowest BCUT2D eigenvalue weighted by atomic mass is 10.1. The van der Waals surface area contributed by atoms with Gasteiger partial charge in [0.2, 0.25) is 0 Å². The number of carbonyl (C=O) groups excluding carboxylic acids is 2. The van der Waals surface area contributed by atoms with Gasteiger partial charge in [0.05, 0.1) is 17.8 Å². The van der Waals surface area contributed by atoms with Crippen LogP contribution in [0.15, 0.2) is 23.2 Å². The number of rotatable bonds is 3. The van der Waals surface area contributed by atoms with Gasteiger partial charge in [-0.3, -0.25) is 14.5 Å². The summed E-state index contributed by atoms with van der Waals surface area (Å²) >= 11 is 1.53. The molecule has 2 atom stereocenters. The molecule has 0 spiro atoms. The minimum absolute atomic E-state index is 0.0378. The summed E-state index contributed by atoms with van der Waals surface area (Å²) in [4.78, 5) is 31.5. The first-order valence-corrected chi connectivity index (χ1v) is 11.0. The highest BCUT2D eigenvalue weighted by atomic mass is 32.1. The van der Waals surface area contributed by atoms with E-state index in [1.807, 2.05) is 31.4 Å². The number of morpholine rings is 1. The maximum Gasteiger partial charge on any atom is 0.278 e. The number of amides is 2. The Morgan fingerprint density at radius 3 is 2.26 bits per heavy atom. The van der Waals surface area contributed by atoms with Gasteiger partial charge in [0.25, 0.3) is 11.8 Å². The number of hydrogen-bond donors (Lipinski definition) is 0. The van der Waals surface area contributed by atoms with Gasteiger partial charge in [0.1, 0.15) is 5.70 Å². The smallest absolute Gasteiger partial charge is 0.278 e. The predicted octanol–water partition coefficient (Wildman–Crippen LogP) is 3.66. The molecule has 146 valence electrons. The van der Waals surface area contributed by atoms with Crippen molar-refractivity contribution in [3.8, 4) is 0 Å². The summed E-state index contributed by atoms with van der Waals surface area (Å²) in [6, 6.07) is 3.94. The Bertz CT molecular complexity index is 725. The molecule has 0 bridgehead atoms. The molecule has 1 aliphatic carbocycles. The van der Waals surface area contributed by atoms with Crippen LogP contribution in [-0.2, 0) is 14.3 Å². The zero-order valence-electron chi connectivity index (χ0n) is 16.1. The van der Waals surface area contributed by atoms with Crippen LogP contribution < -0.4 is 0 Å². The molecule has 5 nitrogen and oxygen atoms in total. The molecule has 2 fully saturated rings. The van der Waals surface area contributed by atoms with Crippen molar-refractivity contribution in [2.24, 2.45) is 0 Å². The molecule has 4 rings (SSSR count). The van der Waals surface area contributed by atoms with Gasteiger partial charge in [0.15, 0.2) is 0 Å². The molecule has 27 heavy (non-hydrogen) atoms. The predicted molar refractivity (Wildman–Crippen MR) is 106 cm³/mol. The number of hydrogen-bond acceptors (Lipinski definition) is 5. The second-order valence-corrected chi connectivity index (χ2v) is 8.94. The molecule has 1 aromatic rings. The summed E-state index contributed by atoms with van der Waals surface area (Å²) in [6.07, 6.45) is 6.53. The lowest BCUT2D eigenvalue weighted by Gasteiger charge is -2.37. The van der Waals surface area contributed by atoms with Crippen molar-refractivity contribution in [2.75, 3.05) is 13.1 Å². The van der Waals surface area contributed by atoms with Crippen molar-refractivity contribution >= 4 is 28.7 Å². The molecule has 0 radical (unpaired) electrons. The Morgan fingerprint density at radius 1 is 1.00 bits per heavy atom. The Labute approximate surface area is 165 Å². The fourth-order valence-electron chi connectivity index (χ4n) is 4.68. The van der Waals surface area contributed by atoms with Crippen molar-refractivity contribution in [1.82, 2.24) is 9.80 Å². The lowest BCUT2D eigenvalue weighted by Crippen LogP contribution is -2.48. The maximum atomic E-state index is 13.5. The molecule has 1 saturated carbocycles. The van der Waals surface area contributed by atoms with Gasteiger partial charge in [-0.25, -0.2) is 0 Å². The zero-order valence-corrected chi connectivity index (χ0v) is 17.0. The number of ether oxygens (including phenoxy) is 1. The molecular formula is C21H28N2O3S. The summed E-state index contributed by atoms with van der Waals surface area (Å²) in [7, 11) is 0. The van der Waals surface area contributed by atoms with Gasteiger partial charge in [-0.15, -0.1) is 11.3 Å². The highest BCUT2D eigenvalue weighted by Gasteiger charge is 2.46. The van der Waals surface area contributed by atoms with Crippen LogP contribution in [0.4, 0.5) is 0 Å². The van der Waals surface area contributed by atoms with Crippen LogP contribution in [0.3, 0.4) is 0 Å². The topological polar surface area (TPSA) is 49.9 Å². The maximum absolute atomic E-state index is 13.5. The molecule has 1 saturated heterocycles. The standard InChI is InChI=1S/C21H28N2O3S/c1-14-12-22(13-15(2)26-14)19-18(17-10-7-11-27-17)20(24)23(21(19)25)16-8-5-3-4-6-9-16/h7,10-11,14-16H,3-6,8-9,12-13H2,1-2H3. The Morgan fingerprint density at radius 2 is 1.67 bits per heavy atom. The minimum Gasteiger partial charge on any atom is -0.372 e. The van der Waals surface area contributed by atoms with Crippen LogP contribution in [0, 0.1) is 0 Å². The quantitative estimate of drug-likeness (QED) is 0.586. The van der Waals surface area contributed by atoms with E-state index in [9.17, 15) is 9.59 Å². The SMILES string of the molecule is CC1CN(C2=C(c3cccs3)C(=O)N(C3CCCCCC3)C2=O)CC(C)O1. The van der Waals surface area contributed by atoms with Crippen LogP contribution in [0.25, 0.3) is 5.57 Å². The van der Waals surface area contributed by atoms with Gasteiger partial charge < -0.3 is 9.64 Å². The fourth-order valence-corrected chi connectivity index (χ4v) is 5.44. The van der Waals surface area contributed by atoms with Crippen molar-refractivity contribution in [3.05, 3.63) is 28.1 Å². The first-order valence-electron chi connectivity index (χ1n) is 10.1. The van der Waals surface area contributed by atoms with Crippen LogP contribution in [0.1, 0.15) is 57.2 Å². The summed E-state index contributed by atoms with van der Waals surface area (Å²) in [5, 5.41) is 1.97. The molecule has 1 aromatic heterocycles. The Hall–Kier alpha value is -1.66. The molecule has 0 N–H and O–H groups in total. The minimum atomic E-state index is -0.101. The van der Waals surface area contributed by atoms with E-state index in [1.54, 1.807) is 4.90 Å². The van der Waals surface area contributed by atoms with E-state index in [-0.39, 0.29) is 30.1 Å². The van der Waals surface area contributed by atoms with E-state index in [0.717, 1.165) is 30.6 Å². The van der Waals surface area contributed by atoms with Crippen molar-refractivity contribution in [3.63, 3.8) is 0 Å². The first-order chi connectivity index (χ1) is 13.1. The van der Waals surface area contributed by atoms with Crippen molar-refractivity contribution < 1.29 is 14.3 Å². The number of carbonyl (C=O) groups is 2. The summed E-state index contributed by atoms with van der Waals surface area (Å²) in [5.41, 5.74) is 1.19.